The number of thioether (sulfide) groups is 1. The average Bonchev–Trinajstić information content (AvgIpc) is 2.85. The van der Waals surface area contributed by atoms with Gasteiger partial charge in [-0.25, -0.2) is 9.79 Å². The number of nitrogens with zero attached hydrogens (tertiary/aromatic N) is 2. The number of hydrogen-bond donors (Lipinski definition) is 1. The summed E-state index contributed by atoms with van der Waals surface area (Å²) in [6, 6.07) is 13.4. The van der Waals surface area contributed by atoms with Crippen molar-refractivity contribution in [3.05, 3.63) is 69.6 Å². The number of aromatic carboxylic acids is 1. The molecule has 0 unspecified atom stereocenters. The number of carbonyl (C=O) groups excluding carboxylic acids is 1. The molecule has 1 aliphatic heterocycles. The Morgan fingerprint density at radius 2 is 1.80 bits per heavy atom. The van der Waals surface area contributed by atoms with E-state index in [1.54, 1.807) is 37.4 Å². The number of carbonyl (C=O) groups is 2. The highest BCUT2D eigenvalue weighted by molar-refractivity contribution is 8.18. The quantitative estimate of drug-likeness (QED) is 0.817. The molecule has 0 atom stereocenters. The van der Waals surface area contributed by atoms with Gasteiger partial charge in [-0.05, 0) is 59.8 Å². The maximum atomic E-state index is 12.4. The molecule has 2 aromatic rings. The molecular formula is C18H13ClN2O3S. The molecule has 0 aliphatic carbocycles. The molecule has 126 valence electrons. The number of amidine groups is 1. The number of likely N-dealkylation sites (N-methyl/N-ethyl adjacent to an activating group) is 1. The molecule has 2 aromatic carbocycles. The third-order valence-corrected chi connectivity index (χ3v) is 4.82. The lowest BCUT2D eigenvalue weighted by Gasteiger charge is -2.07. The van der Waals surface area contributed by atoms with Crippen LogP contribution in [0.4, 0.5) is 5.69 Å². The van der Waals surface area contributed by atoms with Crippen molar-refractivity contribution in [1.29, 1.82) is 0 Å². The third kappa shape index (κ3) is 3.92. The van der Waals surface area contributed by atoms with Gasteiger partial charge in [0.1, 0.15) is 0 Å². The lowest BCUT2D eigenvalue weighted by Crippen LogP contribution is -2.23. The largest absolute Gasteiger partial charge is 0.478 e. The van der Waals surface area contributed by atoms with Crippen LogP contribution < -0.4 is 0 Å². The van der Waals surface area contributed by atoms with Gasteiger partial charge in [0.05, 0.1) is 16.2 Å². The molecule has 1 fully saturated rings. The molecule has 0 bridgehead atoms. The molecule has 0 saturated carbocycles. The summed E-state index contributed by atoms with van der Waals surface area (Å²) in [6.07, 6.45) is 1.79. The van der Waals surface area contributed by atoms with Gasteiger partial charge in [-0.15, -0.1) is 0 Å². The fourth-order valence-corrected chi connectivity index (χ4v) is 3.26. The van der Waals surface area contributed by atoms with Gasteiger partial charge in [-0.1, -0.05) is 23.7 Å². The van der Waals surface area contributed by atoms with E-state index in [1.165, 1.54) is 28.8 Å². The Kier molecular flexibility index (Phi) is 4.92. The van der Waals surface area contributed by atoms with Crippen LogP contribution in [0.25, 0.3) is 6.08 Å². The molecule has 7 heteroatoms. The summed E-state index contributed by atoms with van der Waals surface area (Å²) in [7, 11) is 1.66. The number of halogens is 1. The summed E-state index contributed by atoms with van der Waals surface area (Å²) in [5.41, 5.74) is 1.65. The molecule has 0 spiro atoms. The van der Waals surface area contributed by atoms with Crippen molar-refractivity contribution in [2.24, 2.45) is 4.99 Å². The van der Waals surface area contributed by atoms with Crippen LogP contribution in [0.5, 0.6) is 0 Å². The van der Waals surface area contributed by atoms with E-state index in [0.717, 1.165) is 5.56 Å². The van der Waals surface area contributed by atoms with Crippen LogP contribution in [0.2, 0.25) is 5.02 Å². The average molecular weight is 373 g/mol. The predicted molar refractivity (Wildman–Crippen MR) is 100 cm³/mol. The van der Waals surface area contributed by atoms with E-state index in [4.69, 9.17) is 16.7 Å². The minimum absolute atomic E-state index is 0.138. The van der Waals surface area contributed by atoms with Crippen LogP contribution in [0.3, 0.4) is 0 Å². The van der Waals surface area contributed by atoms with Crippen molar-refractivity contribution < 1.29 is 14.7 Å². The first-order chi connectivity index (χ1) is 11.9. The fourth-order valence-electron chi connectivity index (χ4n) is 2.15. The first-order valence-electron chi connectivity index (χ1n) is 7.29. The van der Waals surface area contributed by atoms with Gasteiger partial charge in [0.15, 0.2) is 5.17 Å². The highest BCUT2D eigenvalue weighted by Crippen LogP contribution is 2.33. The van der Waals surface area contributed by atoms with E-state index in [9.17, 15) is 9.59 Å². The number of aliphatic imine (C=N–C) groups is 1. The molecule has 5 nitrogen and oxygen atoms in total. The van der Waals surface area contributed by atoms with E-state index < -0.39 is 5.97 Å². The summed E-state index contributed by atoms with van der Waals surface area (Å²) in [6.45, 7) is 0. The number of carboxylic acids is 1. The van der Waals surface area contributed by atoms with Crippen LogP contribution in [0, 0.1) is 0 Å². The molecule has 3 rings (SSSR count). The second-order valence-corrected chi connectivity index (χ2v) is 6.72. The lowest BCUT2D eigenvalue weighted by molar-refractivity contribution is -0.121. The molecule has 1 saturated heterocycles. The van der Waals surface area contributed by atoms with E-state index in [2.05, 4.69) is 4.99 Å². The van der Waals surface area contributed by atoms with Crippen LogP contribution >= 0.6 is 23.4 Å². The number of hydrogen-bond acceptors (Lipinski definition) is 4. The molecule has 0 radical (unpaired) electrons. The Morgan fingerprint density at radius 1 is 1.16 bits per heavy atom. The minimum atomic E-state index is -0.991. The normalized spacial score (nSPS) is 17.5. The molecular weight excluding hydrogens is 360 g/mol. The van der Waals surface area contributed by atoms with Crippen molar-refractivity contribution in [2.75, 3.05) is 7.05 Å². The molecule has 1 heterocycles. The standard InChI is InChI=1S/C18H13ClN2O3S/c1-21-16(22)15(10-11-2-6-13(19)7-3-11)25-18(21)20-14-8-4-12(5-9-14)17(23)24/h2-10H,1H3,(H,23,24)/b15-10-,20-18?. The second kappa shape index (κ2) is 7.13. The van der Waals surface area contributed by atoms with Gasteiger partial charge in [0.25, 0.3) is 5.91 Å². The van der Waals surface area contributed by atoms with Gasteiger partial charge >= 0.3 is 5.97 Å². The summed E-state index contributed by atoms with van der Waals surface area (Å²) in [5, 5.41) is 10.1. The minimum Gasteiger partial charge on any atom is -0.478 e. The van der Waals surface area contributed by atoms with Crippen molar-refractivity contribution in [3.8, 4) is 0 Å². The van der Waals surface area contributed by atoms with Crippen LogP contribution in [-0.2, 0) is 4.79 Å². The zero-order valence-electron chi connectivity index (χ0n) is 13.1. The van der Waals surface area contributed by atoms with Gasteiger partial charge < -0.3 is 5.11 Å². The smallest absolute Gasteiger partial charge is 0.335 e. The van der Waals surface area contributed by atoms with Gasteiger partial charge in [0.2, 0.25) is 0 Å². The highest BCUT2D eigenvalue weighted by atomic mass is 35.5. The Balaban J connectivity index is 1.85. The van der Waals surface area contributed by atoms with Gasteiger partial charge in [-0.2, -0.15) is 0 Å². The second-order valence-electron chi connectivity index (χ2n) is 5.27. The van der Waals surface area contributed by atoms with Crippen LogP contribution in [-0.4, -0.2) is 34.1 Å². The SMILES string of the molecule is CN1C(=O)/C(=C/c2ccc(Cl)cc2)SC1=Nc1ccc(C(=O)O)cc1. The van der Waals surface area contributed by atoms with Crippen molar-refractivity contribution >= 4 is 52.2 Å². The Labute approximate surface area is 153 Å². The number of carboxylic acid groups (broad SMARTS) is 1. The van der Waals surface area contributed by atoms with Crippen LogP contribution in [0.1, 0.15) is 15.9 Å². The maximum absolute atomic E-state index is 12.4. The van der Waals surface area contributed by atoms with E-state index in [0.29, 0.717) is 20.8 Å². The van der Waals surface area contributed by atoms with E-state index >= 15 is 0 Å². The number of amides is 1. The number of benzene rings is 2. The highest BCUT2D eigenvalue weighted by Gasteiger charge is 2.30. The summed E-state index contributed by atoms with van der Waals surface area (Å²) in [5.74, 6) is -1.13. The molecule has 0 aromatic heterocycles. The predicted octanol–water partition coefficient (Wildman–Crippen LogP) is 4.27. The molecule has 1 aliphatic rings. The zero-order chi connectivity index (χ0) is 18.0. The Morgan fingerprint density at radius 3 is 2.40 bits per heavy atom. The summed E-state index contributed by atoms with van der Waals surface area (Å²) < 4.78 is 0. The zero-order valence-corrected chi connectivity index (χ0v) is 14.7. The molecule has 1 N–H and O–H groups in total. The molecule has 1 amide bonds. The molecule has 25 heavy (non-hydrogen) atoms. The van der Waals surface area contributed by atoms with Crippen molar-refractivity contribution in [1.82, 2.24) is 4.90 Å². The summed E-state index contributed by atoms with van der Waals surface area (Å²) >= 11 is 7.14. The topological polar surface area (TPSA) is 70.0 Å². The van der Waals surface area contributed by atoms with E-state index in [-0.39, 0.29) is 11.5 Å². The van der Waals surface area contributed by atoms with Gasteiger partial charge in [-0.3, -0.25) is 9.69 Å². The monoisotopic (exact) mass is 372 g/mol. The van der Waals surface area contributed by atoms with Crippen molar-refractivity contribution in [3.63, 3.8) is 0 Å². The lowest BCUT2D eigenvalue weighted by atomic mass is 10.2. The third-order valence-electron chi connectivity index (χ3n) is 3.51. The fraction of sp³-hybridized carbons (Fsp3) is 0.0556. The Bertz CT molecular complexity index is 890. The first-order valence-corrected chi connectivity index (χ1v) is 8.49. The van der Waals surface area contributed by atoms with Gasteiger partial charge in [0, 0.05) is 12.1 Å². The number of rotatable bonds is 3. The van der Waals surface area contributed by atoms with Crippen LogP contribution in [0.15, 0.2) is 58.4 Å². The van der Waals surface area contributed by atoms with E-state index in [1.807, 2.05) is 12.1 Å². The summed E-state index contributed by atoms with van der Waals surface area (Å²) in [4.78, 5) is 29.7. The first kappa shape index (κ1) is 17.3. The maximum Gasteiger partial charge on any atom is 0.335 e. The van der Waals surface area contributed by atoms with Crippen molar-refractivity contribution in [2.45, 2.75) is 0 Å². The Hall–Kier alpha value is -2.57.